The van der Waals surface area contributed by atoms with Gasteiger partial charge in [0, 0.05) is 38.9 Å². The van der Waals surface area contributed by atoms with Crippen LogP contribution in [0.5, 0.6) is 0 Å². The van der Waals surface area contributed by atoms with E-state index in [-0.39, 0.29) is 11.6 Å². The fraction of sp³-hybridized carbons (Fsp3) is 0.467. The number of benzene rings is 1. The number of urea groups is 1. The molecule has 3 amide bonds. The van der Waals surface area contributed by atoms with Crippen molar-refractivity contribution in [3.05, 3.63) is 29.6 Å². The summed E-state index contributed by atoms with van der Waals surface area (Å²) in [5, 5.41) is 5.05. The van der Waals surface area contributed by atoms with Crippen LogP contribution in [0.4, 0.5) is 14.9 Å². The Bertz CT molecular complexity index is 565. The number of methoxy groups -OCH3 is 1. The molecule has 0 saturated carbocycles. The van der Waals surface area contributed by atoms with E-state index in [0.717, 1.165) is 12.5 Å². The third-order valence-electron chi connectivity index (χ3n) is 3.66. The Hall–Kier alpha value is -2.15. The second-order valence-corrected chi connectivity index (χ2v) is 5.26. The van der Waals surface area contributed by atoms with E-state index < -0.39 is 11.7 Å². The zero-order valence-electron chi connectivity index (χ0n) is 12.7. The predicted molar refractivity (Wildman–Crippen MR) is 80.4 cm³/mol. The van der Waals surface area contributed by atoms with E-state index in [1.54, 1.807) is 12.0 Å². The standard InChI is InChI=1S/C15H20FN3O3/c1-17-14(20)12-7-11(3-4-13(12)16)18-15(21)19-6-5-10(8-19)9-22-2/h3-4,7,10H,5-6,8-9H2,1-2H3,(H,17,20)(H,18,21)/t10-/m1/s1. The summed E-state index contributed by atoms with van der Waals surface area (Å²) in [4.78, 5) is 25.4. The molecule has 7 heteroatoms. The minimum absolute atomic E-state index is 0.0982. The van der Waals surface area contributed by atoms with Crippen molar-refractivity contribution >= 4 is 17.6 Å². The van der Waals surface area contributed by atoms with Crippen LogP contribution in [0.1, 0.15) is 16.8 Å². The lowest BCUT2D eigenvalue weighted by Gasteiger charge is -2.17. The summed E-state index contributed by atoms with van der Waals surface area (Å²) >= 11 is 0. The molecule has 1 aliphatic rings. The minimum atomic E-state index is -0.626. The fourth-order valence-corrected chi connectivity index (χ4v) is 2.50. The van der Waals surface area contributed by atoms with Gasteiger partial charge in [-0.25, -0.2) is 9.18 Å². The Kier molecular flexibility index (Phi) is 5.32. The molecule has 2 N–H and O–H groups in total. The van der Waals surface area contributed by atoms with Crippen molar-refractivity contribution in [2.75, 3.05) is 39.2 Å². The van der Waals surface area contributed by atoms with Crippen molar-refractivity contribution in [2.45, 2.75) is 6.42 Å². The summed E-state index contributed by atoms with van der Waals surface area (Å²) in [6.07, 6.45) is 0.897. The van der Waals surface area contributed by atoms with Crippen LogP contribution in [0.25, 0.3) is 0 Å². The second-order valence-electron chi connectivity index (χ2n) is 5.26. The number of carbonyl (C=O) groups excluding carboxylic acids is 2. The molecule has 1 fully saturated rings. The van der Waals surface area contributed by atoms with Gasteiger partial charge in [0.25, 0.3) is 5.91 Å². The fourth-order valence-electron chi connectivity index (χ4n) is 2.50. The van der Waals surface area contributed by atoms with Gasteiger partial charge in [-0.2, -0.15) is 0 Å². The molecule has 120 valence electrons. The lowest BCUT2D eigenvalue weighted by Crippen LogP contribution is -2.33. The number of hydrogen-bond acceptors (Lipinski definition) is 3. The molecular weight excluding hydrogens is 289 g/mol. The summed E-state index contributed by atoms with van der Waals surface area (Å²) in [6, 6.07) is 3.67. The molecule has 1 heterocycles. The third kappa shape index (κ3) is 3.73. The Morgan fingerprint density at radius 2 is 2.23 bits per heavy atom. The molecule has 2 rings (SSSR count). The normalized spacial score (nSPS) is 17.4. The number of likely N-dealkylation sites (tertiary alicyclic amines) is 1. The lowest BCUT2D eigenvalue weighted by molar-refractivity contribution is 0.0959. The number of nitrogens with zero attached hydrogens (tertiary/aromatic N) is 1. The molecule has 0 radical (unpaired) electrons. The highest BCUT2D eigenvalue weighted by Crippen LogP contribution is 2.19. The summed E-state index contributed by atoms with van der Waals surface area (Å²) in [5.41, 5.74) is 0.291. The van der Waals surface area contributed by atoms with Crippen molar-refractivity contribution in [2.24, 2.45) is 5.92 Å². The van der Waals surface area contributed by atoms with Crippen LogP contribution in [0.2, 0.25) is 0 Å². The molecule has 0 spiro atoms. The molecule has 0 bridgehead atoms. The van der Waals surface area contributed by atoms with Crippen molar-refractivity contribution in [1.29, 1.82) is 0 Å². The second kappa shape index (κ2) is 7.22. The summed E-state index contributed by atoms with van der Waals surface area (Å²) in [6.45, 7) is 1.91. The van der Waals surface area contributed by atoms with Crippen LogP contribution in [-0.2, 0) is 4.74 Å². The van der Waals surface area contributed by atoms with E-state index in [0.29, 0.717) is 31.3 Å². The Labute approximate surface area is 128 Å². The van der Waals surface area contributed by atoms with E-state index >= 15 is 0 Å². The smallest absolute Gasteiger partial charge is 0.321 e. The van der Waals surface area contributed by atoms with E-state index in [1.807, 2.05) is 0 Å². The largest absolute Gasteiger partial charge is 0.384 e. The van der Waals surface area contributed by atoms with Crippen LogP contribution in [0.15, 0.2) is 18.2 Å². The molecule has 1 aromatic rings. The maximum atomic E-state index is 13.6. The summed E-state index contributed by atoms with van der Waals surface area (Å²) < 4.78 is 18.7. The van der Waals surface area contributed by atoms with Gasteiger partial charge in [0.05, 0.1) is 12.2 Å². The van der Waals surface area contributed by atoms with Crippen LogP contribution < -0.4 is 10.6 Å². The van der Waals surface area contributed by atoms with Gasteiger partial charge in [0.2, 0.25) is 0 Å². The molecule has 22 heavy (non-hydrogen) atoms. The quantitative estimate of drug-likeness (QED) is 0.889. The number of halogens is 1. The molecule has 0 aliphatic carbocycles. The van der Waals surface area contributed by atoms with Crippen LogP contribution in [0.3, 0.4) is 0 Å². The van der Waals surface area contributed by atoms with Crippen molar-refractivity contribution in [3.63, 3.8) is 0 Å². The number of amides is 3. The maximum absolute atomic E-state index is 13.6. The summed E-state index contributed by atoms with van der Waals surface area (Å²) in [5.74, 6) is -0.820. The highest BCUT2D eigenvalue weighted by atomic mass is 19.1. The molecule has 1 aromatic carbocycles. The van der Waals surface area contributed by atoms with Crippen LogP contribution in [-0.4, -0.2) is 50.7 Å². The van der Waals surface area contributed by atoms with Gasteiger partial charge in [0.1, 0.15) is 5.82 Å². The van der Waals surface area contributed by atoms with Gasteiger partial charge < -0.3 is 20.3 Å². The SMILES string of the molecule is CNC(=O)c1cc(NC(=O)N2CC[C@@H](COC)C2)ccc1F. The minimum Gasteiger partial charge on any atom is -0.384 e. The van der Waals surface area contributed by atoms with Gasteiger partial charge in [-0.05, 0) is 24.6 Å². The molecule has 0 unspecified atom stereocenters. The maximum Gasteiger partial charge on any atom is 0.321 e. The van der Waals surface area contributed by atoms with E-state index in [2.05, 4.69) is 10.6 Å². The topological polar surface area (TPSA) is 70.7 Å². The first kappa shape index (κ1) is 16.2. The first-order chi connectivity index (χ1) is 10.5. The number of anilines is 1. The monoisotopic (exact) mass is 309 g/mol. The van der Waals surface area contributed by atoms with Crippen molar-refractivity contribution in [3.8, 4) is 0 Å². The number of carbonyl (C=O) groups is 2. The average Bonchev–Trinajstić information content (AvgIpc) is 2.97. The van der Waals surface area contributed by atoms with Gasteiger partial charge in [-0.15, -0.1) is 0 Å². The third-order valence-corrected chi connectivity index (χ3v) is 3.66. The molecular formula is C15H20FN3O3. The number of rotatable bonds is 4. The molecule has 1 saturated heterocycles. The number of ether oxygens (including phenoxy) is 1. The molecule has 6 nitrogen and oxygen atoms in total. The van der Waals surface area contributed by atoms with Crippen molar-refractivity contribution < 1.29 is 18.7 Å². The van der Waals surface area contributed by atoms with Gasteiger partial charge >= 0.3 is 6.03 Å². The first-order valence-corrected chi connectivity index (χ1v) is 7.11. The molecule has 1 aliphatic heterocycles. The van der Waals surface area contributed by atoms with Gasteiger partial charge in [-0.3, -0.25) is 4.79 Å². The van der Waals surface area contributed by atoms with E-state index in [9.17, 15) is 14.0 Å². The lowest BCUT2D eigenvalue weighted by atomic mass is 10.1. The highest BCUT2D eigenvalue weighted by Gasteiger charge is 2.26. The molecule has 0 aromatic heterocycles. The van der Waals surface area contributed by atoms with Crippen molar-refractivity contribution in [1.82, 2.24) is 10.2 Å². The van der Waals surface area contributed by atoms with Crippen LogP contribution in [0, 0.1) is 11.7 Å². The molecule has 1 atom stereocenters. The van der Waals surface area contributed by atoms with Crippen LogP contribution >= 0.6 is 0 Å². The van der Waals surface area contributed by atoms with E-state index in [1.165, 1.54) is 19.2 Å². The number of hydrogen-bond donors (Lipinski definition) is 2. The zero-order valence-corrected chi connectivity index (χ0v) is 12.7. The number of nitrogens with one attached hydrogen (secondary N) is 2. The summed E-state index contributed by atoms with van der Waals surface area (Å²) in [7, 11) is 3.06. The Morgan fingerprint density at radius 3 is 2.91 bits per heavy atom. The van der Waals surface area contributed by atoms with E-state index in [4.69, 9.17) is 4.74 Å². The zero-order chi connectivity index (χ0) is 16.1. The predicted octanol–water partition coefficient (Wildman–Crippen LogP) is 1.69. The average molecular weight is 309 g/mol. The highest BCUT2D eigenvalue weighted by molar-refractivity contribution is 5.97. The first-order valence-electron chi connectivity index (χ1n) is 7.11. The Balaban J connectivity index is 2.02. The Morgan fingerprint density at radius 1 is 1.45 bits per heavy atom. The van der Waals surface area contributed by atoms with Gasteiger partial charge in [0.15, 0.2) is 0 Å². The van der Waals surface area contributed by atoms with Gasteiger partial charge in [-0.1, -0.05) is 0 Å².